The van der Waals surface area contributed by atoms with Crippen LogP contribution in [0.2, 0.25) is 0 Å². The van der Waals surface area contributed by atoms with E-state index >= 15 is 0 Å². The third kappa shape index (κ3) is 2.05. The molecule has 1 aromatic rings. The van der Waals surface area contributed by atoms with Crippen molar-refractivity contribution in [1.29, 1.82) is 0 Å². The molecule has 5 heteroatoms. The maximum absolute atomic E-state index is 10.7. The standard InChI is InChI=1S/C5H8N2OPS/c1-9(8)2-4-3-10-5(6)7-4/h3H,2H2,1H3,(H2,6,7)/q+1. The van der Waals surface area contributed by atoms with Gasteiger partial charge in [-0.25, -0.2) is 4.98 Å². The molecule has 10 heavy (non-hydrogen) atoms. The summed E-state index contributed by atoms with van der Waals surface area (Å²) in [5, 5.41) is 2.39. The van der Waals surface area contributed by atoms with Crippen molar-refractivity contribution in [2.45, 2.75) is 6.16 Å². The summed E-state index contributed by atoms with van der Waals surface area (Å²) >= 11 is 1.38. The zero-order valence-electron chi connectivity index (χ0n) is 5.57. The van der Waals surface area contributed by atoms with Crippen LogP contribution in [0.4, 0.5) is 5.13 Å². The van der Waals surface area contributed by atoms with Crippen LogP contribution >= 0.6 is 19.1 Å². The number of nitrogens with zero attached hydrogens (tertiary/aromatic N) is 1. The van der Waals surface area contributed by atoms with Crippen molar-refractivity contribution in [3.63, 3.8) is 0 Å². The number of rotatable bonds is 2. The lowest BCUT2D eigenvalue weighted by Crippen LogP contribution is -1.83. The minimum atomic E-state index is -1.12. The molecule has 3 nitrogen and oxygen atoms in total. The molecule has 0 aliphatic rings. The predicted octanol–water partition coefficient (Wildman–Crippen LogP) is 1.68. The summed E-state index contributed by atoms with van der Waals surface area (Å²) in [4.78, 5) is 3.96. The molecule has 2 N–H and O–H groups in total. The SMILES string of the molecule is C[P+](=O)Cc1csc(N)n1. The van der Waals surface area contributed by atoms with Gasteiger partial charge in [0, 0.05) is 5.38 Å². The minimum Gasteiger partial charge on any atom is -0.375 e. The Morgan fingerprint density at radius 3 is 3.00 bits per heavy atom. The molecule has 54 valence electrons. The third-order valence-electron chi connectivity index (χ3n) is 0.954. The molecule has 1 heterocycles. The van der Waals surface area contributed by atoms with Crippen molar-refractivity contribution < 1.29 is 4.57 Å². The van der Waals surface area contributed by atoms with E-state index in [1.54, 1.807) is 6.66 Å². The molecule has 1 unspecified atom stereocenters. The zero-order valence-corrected chi connectivity index (χ0v) is 7.28. The summed E-state index contributed by atoms with van der Waals surface area (Å²) < 4.78 is 10.7. The largest absolute Gasteiger partial charge is 0.375 e. The van der Waals surface area contributed by atoms with E-state index in [-0.39, 0.29) is 0 Å². The Kier molecular flexibility index (Phi) is 2.35. The third-order valence-corrected chi connectivity index (χ3v) is 2.45. The van der Waals surface area contributed by atoms with Crippen LogP contribution in [-0.4, -0.2) is 11.6 Å². The molecule has 0 fully saturated rings. The molecule has 1 atom stereocenters. The molecule has 0 aliphatic heterocycles. The van der Waals surface area contributed by atoms with Crippen LogP contribution in [0.15, 0.2) is 5.38 Å². The van der Waals surface area contributed by atoms with E-state index in [0.29, 0.717) is 11.3 Å². The van der Waals surface area contributed by atoms with Crippen LogP contribution in [0, 0.1) is 0 Å². The van der Waals surface area contributed by atoms with Gasteiger partial charge in [-0.15, -0.1) is 11.3 Å². The van der Waals surface area contributed by atoms with E-state index in [9.17, 15) is 4.57 Å². The second-order valence-electron chi connectivity index (χ2n) is 1.96. The Balaban J connectivity index is 2.67. The van der Waals surface area contributed by atoms with Crippen LogP contribution in [0.3, 0.4) is 0 Å². The van der Waals surface area contributed by atoms with Gasteiger partial charge in [-0.2, -0.15) is 0 Å². The van der Waals surface area contributed by atoms with Crippen LogP contribution in [0.1, 0.15) is 5.69 Å². The smallest absolute Gasteiger partial charge is 0.341 e. The van der Waals surface area contributed by atoms with Crippen LogP contribution in [-0.2, 0) is 10.7 Å². The fraction of sp³-hybridized carbons (Fsp3) is 0.400. The number of aromatic nitrogens is 1. The van der Waals surface area contributed by atoms with Crippen molar-refractivity contribution >= 4 is 24.3 Å². The van der Waals surface area contributed by atoms with Crippen molar-refractivity contribution in [1.82, 2.24) is 4.98 Å². The Morgan fingerprint density at radius 2 is 2.60 bits per heavy atom. The highest BCUT2D eigenvalue weighted by Gasteiger charge is 2.09. The number of thiazole rings is 1. The van der Waals surface area contributed by atoms with Crippen molar-refractivity contribution in [3.05, 3.63) is 11.1 Å². The highest BCUT2D eigenvalue weighted by molar-refractivity contribution is 7.42. The first kappa shape index (κ1) is 7.63. The summed E-state index contributed by atoms with van der Waals surface area (Å²) in [5.74, 6) is 0. The zero-order chi connectivity index (χ0) is 7.56. The van der Waals surface area contributed by atoms with E-state index in [0.717, 1.165) is 5.69 Å². The molecule has 0 amide bonds. The Morgan fingerprint density at radius 1 is 1.90 bits per heavy atom. The lowest BCUT2D eigenvalue weighted by molar-refractivity contribution is 0.590. The summed E-state index contributed by atoms with van der Waals surface area (Å²) in [5.41, 5.74) is 6.21. The van der Waals surface area contributed by atoms with E-state index in [1.165, 1.54) is 11.3 Å². The average Bonchev–Trinajstić information content (AvgIpc) is 2.13. The molecule has 0 saturated carbocycles. The van der Waals surface area contributed by atoms with Gasteiger partial charge in [-0.1, -0.05) is 4.57 Å². The first-order chi connectivity index (χ1) is 4.68. The molecule has 0 bridgehead atoms. The number of anilines is 1. The van der Waals surface area contributed by atoms with Gasteiger partial charge in [0.25, 0.3) is 0 Å². The highest BCUT2D eigenvalue weighted by Crippen LogP contribution is 2.23. The topological polar surface area (TPSA) is 56.0 Å². The Labute approximate surface area is 64.1 Å². The maximum Gasteiger partial charge on any atom is 0.341 e. The van der Waals surface area contributed by atoms with Crippen LogP contribution < -0.4 is 5.73 Å². The number of hydrogen-bond acceptors (Lipinski definition) is 4. The first-order valence-electron chi connectivity index (χ1n) is 2.76. The quantitative estimate of drug-likeness (QED) is 0.696. The normalized spacial score (nSPS) is 11.5. The summed E-state index contributed by atoms with van der Waals surface area (Å²) in [6, 6.07) is 0. The van der Waals surface area contributed by atoms with Gasteiger partial charge < -0.3 is 5.73 Å². The highest BCUT2D eigenvalue weighted by atomic mass is 32.1. The van der Waals surface area contributed by atoms with Crippen molar-refractivity contribution in [2.24, 2.45) is 0 Å². The summed E-state index contributed by atoms with van der Waals surface area (Å²) in [7, 11) is -1.12. The second kappa shape index (κ2) is 3.08. The summed E-state index contributed by atoms with van der Waals surface area (Å²) in [6.45, 7) is 1.69. The van der Waals surface area contributed by atoms with Crippen LogP contribution in [0.5, 0.6) is 0 Å². The fourth-order valence-corrected chi connectivity index (χ4v) is 1.93. The molecule has 0 radical (unpaired) electrons. The van der Waals surface area contributed by atoms with E-state index < -0.39 is 7.80 Å². The number of nitrogens with two attached hydrogens (primary N) is 1. The molecular formula is C5H8N2OPS+. The van der Waals surface area contributed by atoms with Crippen LogP contribution in [0.25, 0.3) is 0 Å². The molecule has 0 aliphatic carbocycles. The van der Waals surface area contributed by atoms with Gasteiger partial charge in [-0.05, 0) is 0 Å². The lowest BCUT2D eigenvalue weighted by atomic mass is 10.6. The van der Waals surface area contributed by atoms with E-state index in [2.05, 4.69) is 4.98 Å². The number of hydrogen-bond donors (Lipinski definition) is 1. The van der Waals surface area contributed by atoms with Crippen molar-refractivity contribution in [3.8, 4) is 0 Å². The molecule has 1 rings (SSSR count). The predicted molar refractivity (Wildman–Crippen MR) is 43.8 cm³/mol. The fourth-order valence-electron chi connectivity index (χ4n) is 0.623. The molecular weight excluding hydrogens is 167 g/mol. The average molecular weight is 175 g/mol. The molecule has 1 aromatic heterocycles. The summed E-state index contributed by atoms with van der Waals surface area (Å²) in [6.07, 6.45) is 0.545. The van der Waals surface area contributed by atoms with E-state index in [1.807, 2.05) is 5.38 Å². The maximum atomic E-state index is 10.7. The monoisotopic (exact) mass is 175 g/mol. The molecule has 0 spiro atoms. The van der Waals surface area contributed by atoms with Gasteiger partial charge in [0.05, 0.1) is 0 Å². The Bertz CT molecular complexity index is 248. The second-order valence-corrected chi connectivity index (χ2v) is 4.42. The lowest BCUT2D eigenvalue weighted by Gasteiger charge is -1.77. The molecule has 0 aromatic carbocycles. The van der Waals surface area contributed by atoms with Crippen molar-refractivity contribution in [2.75, 3.05) is 12.4 Å². The number of nitrogen functional groups attached to an aromatic ring is 1. The van der Waals surface area contributed by atoms with Gasteiger partial charge in [0.15, 0.2) is 11.3 Å². The first-order valence-corrected chi connectivity index (χ1v) is 5.54. The molecule has 0 saturated heterocycles. The van der Waals surface area contributed by atoms with E-state index in [4.69, 9.17) is 5.73 Å². The minimum absolute atomic E-state index is 0.545. The van der Waals surface area contributed by atoms with Gasteiger partial charge in [-0.3, -0.25) is 0 Å². The van der Waals surface area contributed by atoms with Gasteiger partial charge >= 0.3 is 7.80 Å². The Hall–Kier alpha value is -0.470. The van der Waals surface area contributed by atoms with Gasteiger partial charge in [0.1, 0.15) is 12.4 Å². The van der Waals surface area contributed by atoms with Gasteiger partial charge in [0.2, 0.25) is 0 Å².